The minimum atomic E-state index is 0.115. The molecule has 1 atom stereocenters. The van der Waals surface area contributed by atoms with Crippen LogP contribution < -0.4 is 5.32 Å². The van der Waals surface area contributed by atoms with Crippen LogP contribution in [-0.4, -0.2) is 4.98 Å². The van der Waals surface area contributed by atoms with Crippen LogP contribution in [0, 0.1) is 13.8 Å². The van der Waals surface area contributed by atoms with E-state index in [0.717, 1.165) is 27.5 Å². The first-order valence-electron chi connectivity index (χ1n) is 5.52. The van der Waals surface area contributed by atoms with Crippen molar-refractivity contribution in [3.05, 3.63) is 46.1 Å². The molecular formula is C13H15BrN2O. The van der Waals surface area contributed by atoms with Gasteiger partial charge in [0.15, 0.2) is 4.67 Å². The molecule has 0 bridgehead atoms. The Hall–Kier alpha value is -1.29. The van der Waals surface area contributed by atoms with Crippen molar-refractivity contribution >= 4 is 21.6 Å². The Morgan fingerprint density at radius 3 is 2.59 bits per heavy atom. The van der Waals surface area contributed by atoms with E-state index in [0.29, 0.717) is 0 Å². The average Bonchev–Trinajstić information content (AvgIpc) is 2.69. The minimum Gasteiger partial charge on any atom is -0.452 e. The number of hydrogen-bond acceptors (Lipinski definition) is 3. The summed E-state index contributed by atoms with van der Waals surface area (Å²) in [5.41, 5.74) is 3.07. The van der Waals surface area contributed by atoms with Gasteiger partial charge in [0.2, 0.25) is 0 Å². The van der Waals surface area contributed by atoms with Crippen molar-refractivity contribution in [2.75, 3.05) is 5.32 Å². The molecule has 2 rings (SSSR count). The number of rotatable bonds is 3. The topological polar surface area (TPSA) is 38.1 Å². The number of furan rings is 1. The summed E-state index contributed by atoms with van der Waals surface area (Å²) in [5.74, 6) is 0.900. The van der Waals surface area contributed by atoms with Crippen LogP contribution in [0.5, 0.6) is 0 Å². The van der Waals surface area contributed by atoms with Crippen molar-refractivity contribution in [1.82, 2.24) is 4.98 Å². The molecular weight excluding hydrogens is 280 g/mol. The molecule has 4 heteroatoms. The molecule has 0 aliphatic carbocycles. The Bertz CT molecular complexity index is 522. The Morgan fingerprint density at radius 2 is 2.00 bits per heavy atom. The van der Waals surface area contributed by atoms with Gasteiger partial charge in [-0.3, -0.25) is 4.98 Å². The molecule has 2 aromatic rings. The van der Waals surface area contributed by atoms with E-state index in [1.165, 1.54) is 0 Å². The summed E-state index contributed by atoms with van der Waals surface area (Å²) in [6.07, 6.45) is 0. The van der Waals surface area contributed by atoms with E-state index in [4.69, 9.17) is 4.42 Å². The Balaban J connectivity index is 2.15. The van der Waals surface area contributed by atoms with Gasteiger partial charge in [0.1, 0.15) is 5.76 Å². The normalized spacial score (nSPS) is 12.5. The Kier molecular flexibility index (Phi) is 3.52. The summed E-state index contributed by atoms with van der Waals surface area (Å²) in [7, 11) is 0. The molecule has 1 N–H and O–H groups in total. The van der Waals surface area contributed by atoms with Crippen molar-refractivity contribution < 1.29 is 4.42 Å². The number of nitrogens with one attached hydrogen (secondary N) is 1. The number of aryl methyl sites for hydroxylation is 2. The van der Waals surface area contributed by atoms with Gasteiger partial charge in [-0.05, 0) is 61.0 Å². The maximum atomic E-state index is 5.51. The SMILES string of the molecule is Cc1ccc(NC(C)c2ccc(Br)o2)c(C)n1. The number of aromatic nitrogens is 1. The number of hydrogen-bond donors (Lipinski definition) is 1. The van der Waals surface area contributed by atoms with Crippen LogP contribution in [-0.2, 0) is 0 Å². The van der Waals surface area contributed by atoms with E-state index >= 15 is 0 Å². The molecule has 0 amide bonds. The smallest absolute Gasteiger partial charge is 0.169 e. The molecule has 0 fully saturated rings. The highest BCUT2D eigenvalue weighted by Gasteiger charge is 2.11. The first kappa shape index (κ1) is 12.2. The number of nitrogens with zero attached hydrogens (tertiary/aromatic N) is 1. The van der Waals surface area contributed by atoms with Gasteiger partial charge in [-0.25, -0.2) is 0 Å². The lowest BCUT2D eigenvalue weighted by molar-refractivity contribution is 0.471. The molecule has 0 saturated heterocycles. The molecule has 0 radical (unpaired) electrons. The molecule has 0 aromatic carbocycles. The lowest BCUT2D eigenvalue weighted by Gasteiger charge is -2.14. The number of anilines is 1. The van der Waals surface area contributed by atoms with Gasteiger partial charge in [0.05, 0.1) is 17.4 Å². The zero-order valence-corrected chi connectivity index (χ0v) is 11.7. The van der Waals surface area contributed by atoms with Crippen molar-refractivity contribution in [3.8, 4) is 0 Å². The summed E-state index contributed by atoms with van der Waals surface area (Å²) >= 11 is 3.30. The average molecular weight is 295 g/mol. The van der Waals surface area contributed by atoms with E-state index < -0.39 is 0 Å². The summed E-state index contributed by atoms with van der Waals surface area (Å²) in [6, 6.07) is 8.02. The van der Waals surface area contributed by atoms with Gasteiger partial charge in [-0.1, -0.05) is 0 Å². The van der Waals surface area contributed by atoms with Crippen molar-refractivity contribution in [3.63, 3.8) is 0 Å². The van der Waals surface area contributed by atoms with E-state index in [9.17, 15) is 0 Å². The van der Waals surface area contributed by atoms with E-state index in [1.807, 2.05) is 38.1 Å². The standard InChI is InChI=1S/C13H15BrN2O/c1-8-4-5-11(9(2)15-8)16-10(3)12-6-7-13(14)17-12/h4-7,10,16H,1-3H3. The molecule has 2 aromatic heterocycles. The largest absolute Gasteiger partial charge is 0.452 e. The fourth-order valence-electron chi connectivity index (χ4n) is 1.70. The monoisotopic (exact) mass is 294 g/mol. The number of halogens is 1. The van der Waals surface area contributed by atoms with Gasteiger partial charge in [0, 0.05) is 5.69 Å². The van der Waals surface area contributed by atoms with E-state index in [-0.39, 0.29) is 6.04 Å². The van der Waals surface area contributed by atoms with Gasteiger partial charge in [0.25, 0.3) is 0 Å². The van der Waals surface area contributed by atoms with Crippen molar-refractivity contribution in [2.45, 2.75) is 26.8 Å². The number of pyridine rings is 1. The van der Waals surface area contributed by atoms with Gasteiger partial charge < -0.3 is 9.73 Å². The molecule has 1 unspecified atom stereocenters. The highest BCUT2D eigenvalue weighted by Crippen LogP contribution is 2.24. The Morgan fingerprint density at radius 1 is 1.24 bits per heavy atom. The second kappa shape index (κ2) is 4.92. The minimum absolute atomic E-state index is 0.115. The zero-order valence-electron chi connectivity index (χ0n) is 10.1. The van der Waals surface area contributed by atoms with Crippen LogP contribution in [0.25, 0.3) is 0 Å². The molecule has 0 saturated carbocycles. The lowest BCUT2D eigenvalue weighted by atomic mass is 10.2. The quantitative estimate of drug-likeness (QED) is 0.921. The highest BCUT2D eigenvalue weighted by molar-refractivity contribution is 9.10. The molecule has 0 aliphatic heterocycles. The zero-order chi connectivity index (χ0) is 12.4. The molecule has 0 aliphatic rings. The second-order valence-corrected chi connectivity index (χ2v) is 4.88. The first-order chi connectivity index (χ1) is 8.06. The predicted octanol–water partition coefficient (Wildman–Crippen LogP) is 4.23. The summed E-state index contributed by atoms with van der Waals surface area (Å²) in [4.78, 5) is 4.42. The van der Waals surface area contributed by atoms with Crippen molar-refractivity contribution in [1.29, 1.82) is 0 Å². The molecule has 2 heterocycles. The lowest BCUT2D eigenvalue weighted by Crippen LogP contribution is -2.07. The van der Waals surface area contributed by atoms with Crippen LogP contribution in [0.3, 0.4) is 0 Å². The maximum Gasteiger partial charge on any atom is 0.169 e. The fraction of sp³-hybridized carbons (Fsp3) is 0.308. The van der Waals surface area contributed by atoms with Crippen molar-refractivity contribution in [2.24, 2.45) is 0 Å². The van der Waals surface area contributed by atoms with Crippen LogP contribution in [0.2, 0.25) is 0 Å². The van der Waals surface area contributed by atoms with Crippen LogP contribution in [0.1, 0.15) is 30.1 Å². The Labute approximate surface area is 109 Å². The van der Waals surface area contributed by atoms with Gasteiger partial charge in [-0.15, -0.1) is 0 Å². The third-order valence-electron chi connectivity index (χ3n) is 2.62. The third kappa shape index (κ3) is 2.88. The highest BCUT2D eigenvalue weighted by atomic mass is 79.9. The molecule has 0 spiro atoms. The van der Waals surface area contributed by atoms with Crippen LogP contribution in [0.4, 0.5) is 5.69 Å². The van der Waals surface area contributed by atoms with E-state index in [2.05, 4.69) is 33.2 Å². The van der Waals surface area contributed by atoms with Crippen LogP contribution >= 0.6 is 15.9 Å². The third-order valence-corrected chi connectivity index (χ3v) is 3.04. The predicted molar refractivity (Wildman–Crippen MR) is 72.2 cm³/mol. The van der Waals surface area contributed by atoms with E-state index in [1.54, 1.807) is 0 Å². The molecule has 90 valence electrons. The molecule has 3 nitrogen and oxygen atoms in total. The molecule has 17 heavy (non-hydrogen) atoms. The van der Waals surface area contributed by atoms with Gasteiger partial charge >= 0.3 is 0 Å². The summed E-state index contributed by atoms with van der Waals surface area (Å²) < 4.78 is 6.26. The first-order valence-corrected chi connectivity index (χ1v) is 6.31. The maximum absolute atomic E-state index is 5.51. The summed E-state index contributed by atoms with van der Waals surface area (Å²) in [6.45, 7) is 6.05. The van der Waals surface area contributed by atoms with Gasteiger partial charge in [-0.2, -0.15) is 0 Å². The fourth-order valence-corrected chi connectivity index (χ4v) is 2.02. The second-order valence-electron chi connectivity index (χ2n) is 4.09. The summed E-state index contributed by atoms with van der Waals surface area (Å²) in [5, 5.41) is 3.39. The van der Waals surface area contributed by atoms with Crippen LogP contribution in [0.15, 0.2) is 33.4 Å².